The summed E-state index contributed by atoms with van der Waals surface area (Å²) < 4.78 is 25.8. The minimum atomic E-state index is -0.487. The molecule has 2 amide bonds. The first kappa shape index (κ1) is 24.5. The number of carbonyl (C=O) groups excluding carboxylic acids is 1. The van der Waals surface area contributed by atoms with Gasteiger partial charge in [0.15, 0.2) is 11.5 Å². The maximum absolute atomic E-state index is 13.4. The van der Waals surface area contributed by atoms with Crippen molar-refractivity contribution < 1.29 is 18.7 Å². The van der Waals surface area contributed by atoms with Crippen LogP contribution in [0.1, 0.15) is 23.6 Å². The van der Waals surface area contributed by atoms with Gasteiger partial charge in [0.2, 0.25) is 0 Å². The van der Waals surface area contributed by atoms with Gasteiger partial charge in [-0.3, -0.25) is 0 Å². The smallest absolute Gasteiger partial charge is 0.339 e. The molecule has 2 N–H and O–H groups in total. The number of rotatable bonds is 8. The van der Waals surface area contributed by atoms with Gasteiger partial charge in [-0.05, 0) is 73.0 Å². The van der Waals surface area contributed by atoms with Crippen molar-refractivity contribution in [1.29, 1.82) is 0 Å². The predicted molar refractivity (Wildman–Crippen MR) is 132 cm³/mol. The maximum atomic E-state index is 13.4. The molecule has 0 bridgehead atoms. The third kappa shape index (κ3) is 7.20. The summed E-state index contributed by atoms with van der Waals surface area (Å²) in [7, 11) is 0. The summed E-state index contributed by atoms with van der Waals surface area (Å²) in [6.45, 7) is 4.28. The van der Waals surface area contributed by atoms with Gasteiger partial charge in [0, 0.05) is 10.2 Å². The second-order valence-corrected chi connectivity index (χ2v) is 8.23. The van der Waals surface area contributed by atoms with Gasteiger partial charge in [0.05, 0.1) is 17.8 Å². The summed E-state index contributed by atoms with van der Waals surface area (Å²) >= 11 is 9.82. The highest BCUT2D eigenvalue weighted by molar-refractivity contribution is 9.10. The van der Waals surface area contributed by atoms with Gasteiger partial charge in [-0.1, -0.05) is 39.7 Å². The Morgan fingerprint density at radius 1 is 1.18 bits per heavy atom. The second-order valence-electron chi connectivity index (χ2n) is 6.97. The van der Waals surface area contributed by atoms with Crippen LogP contribution in [-0.4, -0.2) is 18.9 Å². The van der Waals surface area contributed by atoms with E-state index in [1.54, 1.807) is 30.3 Å². The number of ether oxygens (including phenoxy) is 2. The molecular formula is C24H22BrClFN3O3. The fraction of sp³-hybridized carbons (Fsp3) is 0.167. The zero-order chi connectivity index (χ0) is 23.8. The van der Waals surface area contributed by atoms with Gasteiger partial charge >= 0.3 is 6.03 Å². The number of hydrazone groups is 1. The summed E-state index contributed by atoms with van der Waals surface area (Å²) in [6, 6.07) is 14.4. The van der Waals surface area contributed by atoms with Gasteiger partial charge in [-0.15, -0.1) is 0 Å². The first-order valence-electron chi connectivity index (χ1n) is 10.1. The van der Waals surface area contributed by atoms with Gasteiger partial charge in [0.1, 0.15) is 12.4 Å². The van der Waals surface area contributed by atoms with Crippen LogP contribution in [0.15, 0.2) is 64.2 Å². The SMILES string of the molecule is CCOc1cc(/C=N/NC(=O)Nc2ccc(Br)c(C)c2)cc(Cl)c1OCc1cccc(F)c1. The van der Waals surface area contributed by atoms with E-state index in [2.05, 4.69) is 31.8 Å². The summed E-state index contributed by atoms with van der Waals surface area (Å²) in [5, 5.41) is 6.96. The van der Waals surface area contributed by atoms with Crippen molar-refractivity contribution in [2.45, 2.75) is 20.5 Å². The zero-order valence-electron chi connectivity index (χ0n) is 18.0. The zero-order valence-corrected chi connectivity index (χ0v) is 20.3. The average molecular weight is 535 g/mol. The molecule has 172 valence electrons. The van der Waals surface area contributed by atoms with Crippen LogP contribution in [0.4, 0.5) is 14.9 Å². The standard InChI is InChI=1S/C24H22BrClFN3O3/c1-3-32-22-12-17(11-21(26)23(22)33-14-16-5-4-6-18(27)10-16)13-28-30-24(31)29-19-7-8-20(25)15(2)9-19/h4-13H,3,14H2,1-2H3,(H2,29,30,31)/b28-13+. The molecule has 0 heterocycles. The highest BCUT2D eigenvalue weighted by Crippen LogP contribution is 2.37. The van der Waals surface area contributed by atoms with E-state index in [9.17, 15) is 9.18 Å². The number of hydrogen-bond donors (Lipinski definition) is 2. The molecule has 3 rings (SSSR count). The Kier molecular flexibility index (Phi) is 8.68. The number of nitrogens with zero attached hydrogens (tertiary/aromatic N) is 1. The molecule has 0 atom stereocenters. The van der Waals surface area contributed by atoms with Crippen LogP contribution in [0.2, 0.25) is 5.02 Å². The molecule has 0 unspecified atom stereocenters. The lowest BCUT2D eigenvalue weighted by atomic mass is 10.2. The highest BCUT2D eigenvalue weighted by atomic mass is 79.9. The monoisotopic (exact) mass is 533 g/mol. The summed E-state index contributed by atoms with van der Waals surface area (Å²) in [5.41, 5.74) is 5.31. The van der Waals surface area contributed by atoms with Crippen LogP contribution in [-0.2, 0) is 6.61 Å². The molecule has 3 aromatic rings. The lowest BCUT2D eigenvalue weighted by Gasteiger charge is -2.14. The minimum Gasteiger partial charge on any atom is -0.490 e. The van der Waals surface area contributed by atoms with Crippen molar-refractivity contribution in [3.63, 3.8) is 0 Å². The van der Waals surface area contributed by atoms with E-state index in [0.717, 1.165) is 10.0 Å². The Morgan fingerprint density at radius 3 is 2.73 bits per heavy atom. The summed E-state index contributed by atoms with van der Waals surface area (Å²) in [5.74, 6) is 0.416. The van der Waals surface area contributed by atoms with E-state index in [-0.39, 0.29) is 12.4 Å². The van der Waals surface area contributed by atoms with Gasteiger partial charge < -0.3 is 14.8 Å². The third-order valence-electron chi connectivity index (χ3n) is 4.40. The minimum absolute atomic E-state index is 0.127. The van der Waals surface area contributed by atoms with Crippen LogP contribution in [0, 0.1) is 12.7 Å². The molecule has 0 aliphatic rings. The Hall–Kier alpha value is -3.10. The van der Waals surface area contributed by atoms with E-state index in [4.69, 9.17) is 21.1 Å². The largest absolute Gasteiger partial charge is 0.490 e. The maximum Gasteiger partial charge on any atom is 0.339 e. The molecule has 0 aliphatic heterocycles. The Balaban J connectivity index is 1.66. The lowest BCUT2D eigenvalue weighted by molar-refractivity contribution is 0.252. The molecule has 33 heavy (non-hydrogen) atoms. The number of hydrogen-bond acceptors (Lipinski definition) is 4. The Bertz CT molecular complexity index is 1170. The topological polar surface area (TPSA) is 72.0 Å². The molecule has 0 radical (unpaired) electrons. The highest BCUT2D eigenvalue weighted by Gasteiger charge is 2.13. The van der Waals surface area contributed by atoms with Crippen molar-refractivity contribution in [1.82, 2.24) is 5.43 Å². The number of nitrogens with one attached hydrogen (secondary N) is 2. The first-order chi connectivity index (χ1) is 15.9. The molecule has 6 nitrogen and oxygen atoms in total. The second kappa shape index (κ2) is 11.7. The third-order valence-corrected chi connectivity index (χ3v) is 5.57. The predicted octanol–water partition coefficient (Wildman–Crippen LogP) is 6.68. The normalized spacial score (nSPS) is 10.8. The number of anilines is 1. The number of amides is 2. The summed E-state index contributed by atoms with van der Waals surface area (Å²) in [6.07, 6.45) is 1.44. The molecule has 9 heteroatoms. The fourth-order valence-corrected chi connectivity index (χ4v) is 3.41. The number of benzene rings is 3. The molecular weight excluding hydrogens is 513 g/mol. The molecule has 0 aromatic heterocycles. The molecule has 0 saturated carbocycles. The van der Waals surface area contributed by atoms with Crippen LogP contribution in [0.25, 0.3) is 0 Å². The molecule has 0 aliphatic carbocycles. The first-order valence-corrected chi connectivity index (χ1v) is 11.2. The van der Waals surface area contributed by atoms with Crippen molar-refractivity contribution in [3.05, 3.63) is 86.6 Å². The van der Waals surface area contributed by atoms with E-state index in [1.165, 1.54) is 18.3 Å². The molecule has 3 aromatic carbocycles. The van der Waals surface area contributed by atoms with Gasteiger partial charge in [0.25, 0.3) is 0 Å². The van der Waals surface area contributed by atoms with E-state index in [1.807, 2.05) is 26.0 Å². The van der Waals surface area contributed by atoms with Gasteiger partial charge in [-0.25, -0.2) is 14.6 Å². The number of urea groups is 1. The Labute approximate surface area is 204 Å². The van der Waals surface area contributed by atoms with E-state index < -0.39 is 6.03 Å². The quantitative estimate of drug-likeness (QED) is 0.250. The van der Waals surface area contributed by atoms with Crippen molar-refractivity contribution in [3.8, 4) is 11.5 Å². The fourth-order valence-electron chi connectivity index (χ4n) is 2.89. The van der Waals surface area contributed by atoms with Crippen LogP contribution in [0.3, 0.4) is 0 Å². The molecule has 0 saturated heterocycles. The molecule has 0 spiro atoms. The van der Waals surface area contributed by atoms with E-state index in [0.29, 0.717) is 39.9 Å². The molecule has 0 fully saturated rings. The van der Waals surface area contributed by atoms with E-state index >= 15 is 0 Å². The lowest BCUT2D eigenvalue weighted by Crippen LogP contribution is -2.24. The van der Waals surface area contributed by atoms with Crippen LogP contribution >= 0.6 is 27.5 Å². The van der Waals surface area contributed by atoms with Crippen molar-refractivity contribution >= 4 is 45.5 Å². The van der Waals surface area contributed by atoms with Crippen LogP contribution in [0.5, 0.6) is 11.5 Å². The van der Waals surface area contributed by atoms with Crippen LogP contribution < -0.4 is 20.2 Å². The summed E-state index contributed by atoms with van der Waals surface area (Å²) in [4.78, 5) is 12.1. The van der Waals surface area contributed by atoms with Crippen molar-refractivity contribution in [2.24, 2.45) is 5.10 Å². The number of halogens is 3. The number of aryl methyl sites for hydroxylation is 1. The number of carbonyl (C=O) groups is 1. The van der Waals surface area contributed by atoms with Crippen molar-refractivity contribution in [2.75, 3.05) is 11.9 Å². The Morgan fingerprint density at radius 2 is 2.00 bits per heavy atom. The van der Waals surface area contributed by atoms with Gasteiger partial charge in [-0.2, -0.15) is 5.10 Å². The average Bonchev–Trinajstić information content (AvgIpc) is 2.76.